The van der Waals surface area contributed by atoms with Crippen LogP contribution in [0.3, 0.4) is 0 Å². The Morgan fingerprint density at radius 2 is 1.70 bits per heavy atom. The van der Waals surface area contributed by atoms with Crippen LogP contribution < -0.4 is 10.6 Å². The molecule has 0 aliphatic carbocycles. The summed E-state index contributed by atoms with van der Waals surface area (Å²) in [7, 11) is -1.49. The first kappa shape index (κ1) is 19.2. The van der Waals surface area contributed by atoms with Crippen LogP contribution in [0, 0.1) is 5.92 Å². The minimum Gasteiger partial charge on any atom is -0.356 e. The van der Waals surface area contributed by atoms with Gasteiger partial charge in [-0.25, -0.2) is 12.7 Å². The Morgan fingerprint density at radius 3 is 2.15 bits per heavy atom. The van der Waals surface area contributed by atoms with E-state index in [-0.39, 0.29) is 5.75 Å². The van der Waals surface area contributed by atoms with Crippen LogP contribution in [-0.4, -0.2) is 57.7 Å². The first-order valence-electron chi connectivity index (χ1n) is 7.29. The second kappa shape index (κ2) is 9.99. The van der Waals surface area contributed by atoms with Gasteiger partial charge in [-0.1, -0.05) is 27.7 Å². The standard InChI is InChI=1S/C13H30N4O2S/c1-6-17(7-2)20(18,19)11-10-16-13(14-5)15-9-8-12(3)4/h12H,6-11H2,1-5H3,(H2,14,15,16). The number of guanidine groups is 1. The number of hydrogen-bond donors (Lipinski definition) is 2. The zero-order chi connectivity index (χ0) is 15.6. The second-order valence-corrected chi connectivity index (χ2v) is 7.10. The van der Waals surface area contributed by atoms with E-state index in [0.29, 0.717) is 31.5 Å². The molecule has 0 unspecified atom stereocenters. The maximum absolute atomic E-state index is 12.0. The fourth-order valence-corrected chi connectivity index (χ4v) is 3.15. The molecular formula is C13H30N4O2S. The van der Waals surface area contributed by atoms with Gasteiger partial charge in [-0.15, -0.1) is 0 Å². The lowest BCUT2D eigenvalue weighted by Gasteiger charge is -2.19. The zero-order valence-corrected chi connectivity index (χ0v) is 14.3. The molecular weight excluding hydrogens is 276 g/mol. The van der Waals surface area contributed by atoms with E-state index in [9.17, 15) is 8.42 Å². The number of sulfonamides is 1. The van der Waals surface area contributed by atoms with Crippen LogP contribution in [0.1, 0.15) is 34.1 Å². The van der Waals surface area contributed by atoms with Crippen LogP contribution in [0.15, 0.2) is 4.99 Å². The second-order valence-electron chi connectivity index (χ2n) is 5.01. The van der Waals surface area contributed by atoms with Crippen molar-refractivity contribution in [3.05, 3.63) is 0 Å². The summed E-state index contributed by atoms with van der Waals surface area (Å²) >= 11 is 0. The summed E-state index contributed by atoms with van der Waals surface area (Å²) in [6.45, 7) is 10.2. The molecule has 0 atom stereocenters. The Morgan fingerprint density at radius 1 is 1.15 bits per heavy atom. The van der Waals surface area contributed by atoms with Crippen molar-refractivity contribution >= 4 is 16.0 Å². The smallest absolute Gasteiger partial charge is 0.215 e. The molecule has 0 saturated heterocycles. The average molecular weight is 306 g/mol. The van der Waals surface area contributed by atoms with Crippen molar-refractivity contribution in [2.45, 2.75) is 34.1 Å². The summed E-state index contributed by atoms with van der Waals surface area (Å²) in [5, 5.41) is 6.21. The van der Waals surface area contributed by atoms with Gasteiger partial charge in [0.1, 0.15) is 0 Å². The van der Waals surface area contributed by atoms with E-state index < -0.39 is 10.0 Å². The Hall–Kier alpha value is -0.820. The number of aliphatic imine (C=N–C) groups is 1. The van der Waals surface area contributed by atoms with E-state index in [4.69, 9.17) is 0 Å². The van der Waals surface area contributed by atoms with Gasteiger partial charge in [-0.2, -0.15) is 0 Å². The van der Waals surface area contributed by atoms with Crippen molar-refractivity contribution in [1.82, 2.24) is 14.9 Å². The molecule has 0 fully saturated rings. The van der Waals surface area contributed by atoms with E-state index in [1.807, 2.05) is 13.8 Å². The van der Waals surface area contributed by atoms with Gasteiger partial charge >= 0.3 is 0 Å². The minimum atomic E-state index is -3.17. The summed E-state index contributed by atoms with van der Waals surface area (Å²) < 4.78 is 25.5. The number of hydrogen-bond acceptors (Lipinski definition) is 3. The van der Waals surface area contributed by atoms with Gasteiger partial charge in [0.25, 0.3) is 0 Å². The van der Waals surface area contributed by atoms with E-state index in [1.165, 1.54) is 4.31 Å². The molecule has 0 radical (unpaired) electrons. The first-order valence-corrected chi connectivity index (χ1v) is 8.90. The van der Waals surface area contributed by atoms with Crippen LogP contribution in [0.5, 0.6) is 0 Å². The lowest BCUT2D eigenvalue weighted by atomic mass is 10.1. The predicted molar refractivity (Wildman–Crippen MR) is 85.5 cm³/mol. The number of rotatable bonds is 9. The summed E-state index contributed by atoms with van der Waals surface area (Å²) in [4.78, 5) is 4.08. The molecule has 0 aromatic heterocycles. The van der Waals surface area contributed by atoms with Crippen molar-refractivity contribution in [2.24, 2.45) is 10.9 Å². The fourth-order valence-electron chi connectivity index (χ4n) is 1.74. The highest BCUT2D eigenvalue weighted by Crippen LogP contribution is 1.99. The highest BCUT2D eigenvalue weighted by atomic mass is 32.2. The topological polar surface area (TPSA) is 73.8 Å². The summed E-state index contributed by atoms with van der Waals surface area (Å²) in [5.74, 6) is 1.36. The van der Waals surface area contributed by atoms with Crippen LogP contribution in [-0.2, 0) is 10.0 Å². The molecule has 20 heavy (non-hydrogen) atoms. The molecule has 0 aromatic carbocycles. The normalized spacial score (nSPS) is 13.1. The van der Waals surface area contributed by atoms with Gasteiger partial charge in [-0.3, -0.25) is 4.99 Å². The van der Waals surface area contributed by atoms with Crippen LogP contribution in [0.25, 0.3) is 0 Å². The number of nitrogens with zero attached hydrogens (tertiary/aromatic N) is 2. The van der Waals surface area contributed by atoms with Crippen LogP contribution in [0.2, 0.25) is 0 Å². The zero-order valence-electron chi connectivity index (χ0n) is 13.4. The highest BCUT2D eigenvalue weighted by Gasteiger charge is 2.18. The maximum Gasteiger partial charge on any atom is 0.215 e. The number of nitrogens with one attached hydrogen (secondary N) is 2. The first-order chi connectivity index (χ1) is 9.37. The van der Waals surface area contributed by atoms with Gasteiger partial charge in [-0.05, 0) is 12.3 Å². The Labute approximate surface area is 124 Å². The fraction of sp³-hybridized carbons (Fsp3) is 0.923. The summed E-state index contributed by atoms with van der Waals surface area (Å²) in [5.41, 5.74) is 0. The van der Waals surface area contributed by atoms with Crippen LogP contribution >= 0.6 is 0 Å². The molecule has 7 heteroatoms. The Kier molecular flexibility index (Phi) is 9.58. The van der Waals surface area contributed by atoms with Gasteiger partial charge in [0.2, 0.25) is 10.0 Å². The van der Waals surface area contributed by atoms with Gasteiger partial charge < -0.3 is 10.6 Å². The third-order valence-electron chi connectivity index (χ3n) is 2.99. The third kappa shape index (κ3) is 7.69. The van der Waals surface area contributed by atoms with E-state index in [0.717, 1.165) is 13.0 Å². The van der Waals surface area contributed by atoms with Gasteiger partial charge in [0, 0.05) is 33.2 Å². The van der Waals surface area contributed by atoms with E-state index >= 15 is 0 Å². The molecule has 0 saturated carbocycles. The van der Waals surface area contributed by atoms with Gasteiger partial charge in [0.05, 0.1) is 5.75 Å². The molecule has 0 aliphatic rings. The van der Waals surface area contributed by atoms with Crippen molar-refractivity contribution < 1.29 is 8.42 Å². The van der Waals surface area contributed by atoms with Crippen LogP contribution in [0.4, 0.5) is 0 Å². The summed E-state index contributed by atoms with van der Waals surface area (Å²) in [6, 6.07) is 0. The van der Waals surface area contributed by atoms with Crippen molar-refractivity contribution in [3.8, 4) is 0 Å². The SMILES string of the molecule is CCN(CC)S(=O)(=O)CCNC(=NC)NCCC(C)C. The average Bonchev–Trinajstić information content (AvgIpc) is 2.37. The molecule has 0 amide bonds. The molecule has 2 N–H and O–H groups in total. The Bertz CT molecular complexity index is 376. The van der Waals surface area contributed by atoms with E-state index in [2.05, 4.69) is 29.5 Å². The van der Waals surface area contributed by atoms with Crippen molar-refractivity contribution in [3.63, 3.8) is 0 Å². The quantitative estimate of drug-likeness (QED) is 0.490. The largest absolute Gasteiger partial charge is 0.356 e. The lowest BCUT2D eigenvalue weighted by molar-refractivity contribution is 0.445. The minimum absolute atomic E-state index is 0.0829. The monoisotopic (exact) mass is 306 g/mol. The molecule has 0 aliphatic heterocycles. The summed E-state index contributed by atoms with van der Waals surface area (Å²) in [6.07, 6.45) is 1.05. The molecule has 0 spiro atoms. The maximum atomic E-state index is 12.0. The van der Waals surface area contributed by atoms with Gasteiger partial charge in [0.15, 0.2) is 5.96 Å². The molecule has 0 rings (SSSR count). The molecule has 6 nitrogen and oxygen atoms in total. The molecule has 0 aromatic rings. The van der Waals surface area contributed by atoms with Crippen molar-refractivity contribution in [1.29, 1.82) is 0 Å². The lowest BCUT2D eigenvalue weighted by Crippen LogP contribution is -2.42. The molecule has 0 heterocycles. The third-order valence-corrected chi connectivity index (χ3v) is 5.01. The molecule has 120 valence electrons. The van der Waals surface area contributed by atoms with Crippen molar-refractivity contribution in [2.75, 3.05) is 39.0 Å². The highest BCUT2D eigenvalue weighted by molar-refractivity contribution is 7.89. The Balaban J connectivity index is 4.14. The van der Waals surface area contributed by atoms with E-state index in [1.54, 1.807) is 7.05 Å². The molecule has 0 bridgehead atoms. The predicted octanol–water partition coefficient (Wildman–Crippen LogP) is 0.869.